The number of rotatable bonds is 3. The Labute approximate surface area is 143 Å². The Bertz CT molecular complexity index is 703. The number of anilines is 2. The number of hydrogen-bond donors (Lipinski definition) is 3. The van der Waals surface area contributed by atoms with E-state index < -0.39 is 23.9 Å². The summed E-state index contributed by atoms with van der Waals surface area (Å²) in [6.45, 7) is 1.49. The minimum atomic E-state index is -0.969. The van der Waals surface area contributed by atoms with Crippen molar-refractivity contribution in [1.82, 2.24) is 10.2 Å². The zero-order valence-corrected chi connectivity index (χ0v) is 13.5. The Kier molecular flexibility index (Phi) is 4.73. The van der Waals surface area contributed by atoms with E-state index in [2.05, 4.69) is 10.6 Å². The van der Waals surface area contributed by atoms with Crippen LogP contribution in [0.1, 0.15) is 12.8 Å². The molecule has 3 amide bonds. The van der Waals surface area contributed by atoms with Crippen molar-refractivity contribution < 1.29 is 23.9 Å². The lowest BCUT2D eigenvalue weighted by Crippen LogP contribution is -2.48. The van der Waals surface area contributed by atoms with Crippen molar-refractivity contribution in [3.05, 3.63) is 24.0 Å². The molecule has 2 fully saturated rings. The number of piperazine rings is 1. The van der Waals surface area contributed by atoms with Crippen molar-refractivity contribution in [2.24, 2.45) is 0 Å². The molecule has 2 aliphatic heterocycles. The van der Waals surface area contributed by atoms with Crippen LogP contribution in [0.2, 0.25) is 0 Å². The predicted molar refractivity (Wildman–Crippen MR) is 88.0 cm³/mol. The molecule has 0 bridgehead atoms. The van der Waals surface area contributed by atoms with Gasteiger partial charge in [0.1, 0.15) is 11.9 Å². The molecule has 0 radical (unpaired) electrons. The van der Waals surface area contributed by atoms with Gasteiger partial charge in [-0.05, 0) is 24.6 Å². The first kappa shape index (κ1) is 17.0. The van der Waals surface area contributed by atoms with E-state index in [0.717, 1.165) is 0 Å². The molecule has 0 aromatic heterocycles. The SMILES string of the molecule is O=C1CC[C@H](Nc2ccc(N3CCN(C(=O)O)CC3)c(F)c2)C(=O)N1. The van der Waals surface area contributed by atoms with Crippen molar-refractivity contribution >= 4 is 29.3 Å². The minimum absolute atomic E-state index is 0.248. The van der Waals surface area contributed by atoms with Crippen molar-refractivity contribution in [2.75, 3.05) is 36.4 Å². The van der Waals surface area contributed by atoms with Gasteiger partial charge >= 0.3 is 6.09 Å². The largest absolute Gasteiger partial charge is 0.465 e. The van der Waals surface area contributed by atoms with E-state index in [1.165, 1.54) is 11.0 Å². The molecule has 1 aromatic rings. The zero-order valence-electron chi connectivity index (χ0n) is 13.5. The third-order valence-electron chi connectivity index (χ3n) is 4.42. The van der Waals surface area contributed by atoms with E-state index >= 15 is 0 Å². The standard InChI is InChI=1S/C16H19FN4O4/c17-11-9-10(18-12-2-4-14(22)19-15(12)23)1-3-13(11)20-5-7-21(8-6-20)16(24)25/h1,3,9,12,18H,2,4-8H2,(H,24,25)(H,19,22,23)/t12-/m0/s1. The Morgan fingerprint density at radius 2 is 1.96 bits per heavy atom. The Balaban J connectivity index is 1.64. The van der Waals surface area contributed by atoms with Gasteiger partial charge in [0.05, 0.1) is 5.69 Å². The Morgan fingerprint density at radius 1 is 1.24 bits per heavy atom. The number of carbonyl (C=O) groups excluding carboxylic acids is 2. The highest BCUT2D eigenvalue weighted by molar-refractivity contribution is 6.01. The number of benzene rings is 1. The fraction of sp³-hybridized carbons (Fsp3) is 0.438. The van der Waals surface area contributed by atoms with Gasteiger partial charge in [0.15, 0.2) is 0 Å². The third-order valence-corrected chi connectivity index (χ3v) is 4.42. The van der Waals surface area contributed by atoms with E-state index in [-0.39, 0.29) is 12.3 Å². The lowest BCUT2D eigenvalue weighted by atomic mass is 10.1. The fourth-order valence-corrected chi connectivity index (χ4v) is 3.02. The molecule has 0 saturated carbocycles. The molecule has 0 aliphatic carbocycles. The van der Waals surface area contributed by atoms with Crippen LogP contribution in [-0.2, 0) is 9.59 Å². The maximum atomic E-state index is 14.4. The van der Waals surface area contributed by atoms with Gasteiger partial charge in [0.2, 0.25) is 11.8 Å². The van der Waals surface area contributed by atoms with E-state index in [0.29, 0.717) is 44.0 Å². The van der Waals surface area contributed by atoms with Crippen LogP contribution in [0.25, 0.3) is 0 Å². The summed E-state index contributed by atoms with van der Waals surface area (Å²) in [6, 6.07) is 4.02. The molecule has 3 N–H and O–H groups in total. The lowest BCUT2D eigenvalue weighted by Gasteiger charge is -2.34. The molecule has 2 saturated heterocycles. The lowest BCUT2D eigenvalue weighted by molar-refractivity contribution is -0.133. The molecule has 3 rings (SSSR count). The van der Waals surface area contributed by atoms with Crippen LogP contribution in [0.15, 0.2) is 18.2 Å². The van der Waals surface area contributed by atoms with E-state index in [1.807, 2.05) is 0 Å². The van der Waals surface area contributed by atoms with Crippen LogP contribution in [-0.4, -0.2) is 60.1 Å². The van der Waals surface area contributed by atoms with Crippen LogP contribution in [0.4, 0.5) is 20.6 Å². The van der Waals surface area contributed by atoms with Crippen molar-refractivity contribution in [3.8, 4) is 0 Å². The summed E-state index contributed by atoms with van der Waals surface area (Å²) in [5.74, 6) is -1.16. The average Bonchev–Trinajstić information content (AvgIpc) is 2.58. The summed E-state index contributed by atoms with van der Waals surface area (Å²) in [7, 11) is 0. The first-order valence-electron chi connectivity index (χ1n) is 8.06. The van der Waals surface area contributed by atoms with Crippen molar-refractivity contribution in [2.45, 2.75) is 18.9 Å². The van der Waals surface area contributed by atoms with E-state index in [1.54, 1.807) is 17.0 Å². The molecule has 1 atom stereocenters. The van der Waals surface area contributed by atoms with Crippen LogP contribution < -0.4 is 15.5 Å². The van der Waals surface area contributed by atoms with Gasteiger partial charge < -0.3 is 20.2 Å². The van der Waals surface area contributed by atoms with Crippen molar-refractivity contribution in [3.63, 3.8) is 0 Å². The highest BCUT2D eigenvalue weighted by Crippen LogP contribution is 2.25. The summed E-state index contributed by atoms with van der Waals surface area (Å²) in [5.41, 5.74) is 0.860. The molecule has 9 heteroatoms. The summed E-state index contributed by atoms with van der Waals surface area (Å²) in [5, 5.41) is 14.1. The molecule has 25 heavy (non-hydrogen) atoms. The van der Waals surface area contributed by atoms with E-state index in [4.69, 9.17) is 5.11 Å². The number of nitrogens with one attached hydrogen (secondary N) is 2. The number of carbonyl (C=O) groups is 3. The van der Waals surface area contributed by atoms with Gasteiger partial charge in [-0.2, -0.15) is 0 Å². The molecule has 0 spiro atoms. The Hall–Kier alpha value is -2.84. The quantitative estimate of drug-likeness (QED) is 0.699. The van der Waals surface area contributed by atoms with Gasteiger partial charge in [-0.15, -0.1) is 0 Å². The molecule has 134 valence electrons. The van der Waals surface area contributed by atoms with Gasteiger partial charge in [-0.1, -0.05) is 0 Å². The average molecular weight is 350 g/mol. The third kappa shape index (κ3) is 3.81. The molecular formula is C16H19FN4O4. The number of amides is 3. The predicted octanol–water partition coefficient (Wildman–Crippen LogP) is 0.843. The van der Waals surface area contributed by atoms with Crippen LogP contribution in [0.5, 0.6) is 0 Å². The van der Waals surface area contributed by atoms with E-state index in [9.17, 15) is 18.8 Å². The maximum absolute atomic E-state index is 14.4. The smallest absolute Gasteiger partial charge is 0.407 e. The first-order chi connectivity index (χ1) is 11.9. The highest BCUT2D eigenvalue weighted by Gasteiger charge is 2.27. The number of halogens is 1. The van der Waals surface area contributed by atoms with Gasteiger partial charge in [0, 0.05) is 38.3 Å². The monoisotopic (exact) mass is 350 g/mol. The summed E-state index contributed by atoms with van der Waals surface area (Å²) >= 11 is 0. The maximum Gasteiger partial charge on any atom is 0.407 e. The topological polar surface area (TPSA) is 102 Å². The number of nitrogens with zero attached hydrogens (tertiary/aromatic N) is 2. The van der Waals surface area contributed by atoms with Crippen LogP contribution in [0, 0.1) is 5.82 Å². The zero-order chi connectivity index (χ0) is 18.0. The van der Waals surface area contributed by atoms with Gasteiger partial charge in [-0.3, -0.25) is 14.9 Å². The first-order valence-corrected chi connectivity index (χ1v) is 8.06. The second kappa shape index (κ2) is 6.96. The van der Waals surface area contributed by atoms with Gasteiger partial charge in [0.25, 0.3) is 0 Å². The summed E-state index contributed by atoms with van der Waals surface area (Å²) in [6.07, 6.45) is -0.355. The molecule has 1 aromatic carbocycles. The number of piperidine rings is 1. The van der Waals surface area contributed by atoms with Crippen LogP contribution in [0.3, 0.4) is 0 Å². The number of carboxylic acid groups (broad SMARTS) is 1. The Morgan fingerprint density at radius 3 is 2.56 bits per heavy atom. The molecule has 8 nitrogen and oxygen atoms in total. The minimum Gasteiger partial charge on any atom is -0.465 e. The van der Waals surface area contributed by atoms with Gasteiger partial charge in [-0.25, -0.2) is 9.18 Å². The molecular weight excluding hydrogens is 331 g/mol. The summed E-state index contributed by atoms with van der Waals surface area (Å²) < 4.78 is 14.4. The number of hydrogen-bond acceptors (Lipinski definition) is 5. The second-order valence-corrected chi connectivity index (χ2v) is 6.07. The van der Waals surface area contributed by atoms with Crippen molar-refractivity contribution in [1.29, 1.82) is 0 Å². The normalized spacial score (nSPS) is 21.1. The molecule has 0 unspecified atom stereocenters. The molecule has 2 aliphatic rings. The highest BCUT2D eigenvalue weighted by atomic mass is 19.1. The molecule has 2 heterocycles. The number of imide groups is 1. The van der Waals surface area contributed by atoms with Crippen LogP contribution >= 0.6 is 0 Å². The second-order valence-electron chi connectivity index (χ2n) is 6.07. The summed E-state index contributed by atoms with van der Waals surface area (Å²) in [4.78, 5) is 36.9. The fourth-order valence-electron chi connectivity index (χ4n) is 3.02.